The molecule has 200 valence electrons. The molecule has 0 unspecified atom stereocenters. The van der Waals surface area contributed by atoms with Gasteiger partial charge in [-0.25, -0.2) is 0 Å². The van der Waals surface area contributed by atoms with E-state index < -0.39 is 112 Å². The SMILES string of the molecule is OC[C@@H]1O[C@H](OC[C@@H]2O[C@H](O[C@]3(CO)O[C@@H](CO)[C@H](O)[C@@H]3O)[C@@H](O)[C@H](O)[C@@H]2O)[C@@H](O)[C@H](O)[C@H]1O. The molecule has 11 N–H and O–H groups in total. The number of aliphatic hydroxyl groups is 11. The molecule has 3 heterocycles. The summed E-state index contributed by atoms with van der Waals surface area (Å²) in [6.45, 7) is -3.14. The summed E-state index contributed by atoms with van der Waals surface area (Å²) in [5.41, 5.74) is 0. The van der Waals surface area contributed by atoms with Gasteiger partial charge in [-0.05, 0) is 0 Å². The Kier molecular flexibility index (Phi) is 9.18. The van der Waals surface area contributed by atoms with Gasteiger partial charge in [-0.1, -0.05) is 0 Å². The monoisotopic (exact) mass is 504 g/mol. The molecule has 0 saturated carbocycles. The van der Waals surface area contributed by atoms with Crippen LogP contribution < -0.4 is 0 Å². The highest BCUT2D eigenvalue weighted by Crippen LogP contribution is 2.36. The molecule has 3 aliphatic rings. The van der Waals surface area contributed by atoms with Crippen LogP contribution in [0.3, 0.4) is 0 Å². The minimum Gasteiger partial charge on any atom is -0.394 e. The van der Waals surface area contributed by atoms with Gasteiger partial charge in [0.2, 0.25) is 5.79 Å². The van der Waals surface area contributed by atoms with E-state index in [-0.39, 0.29) is 0 Å². The molecule has 14 atom stereocenters. The lowest BCUT2D eigenvalue weighted by Crippen LogP contribution is -2.63. The van der Waals surface area contributed by atoms with Crippen LogP contribution in [0, 0.1) is 0 Å². The van der Waals surface area contributed by atoms with Gasteiger partial charge < -0.3 is 79.9 Å². The van der Waals surface area contributed by atoms with Gasteiger partial charge in [-0.2, -0.15) is 0 Å². The molecule has 3 aliphatic heterocycles. The summed E-state index contributed by atoms with van der Waals surface area (Å²) >= 11 is 0. The van der Waals surface area contributed by atoms with Crippen molar-refractivity contribution in [1.29, 1.82) is 0 Å². The third-order valence-corrected chi connectivity index (χ3v) is 6.16. The fourth-order valence-electron chi connectivity index (χ4n) is 4.01. The molecular weight excluding hydrogens is 472 g/mol. The predicted molar refractivity (Wildman–Crippen MR) is 101 cm³/mol. The van der Waals surface area contributed by atoms with Crippen molar-refractivity contribution in [3.05, 3.63) is 0 Å². The van der Waals surface area contributed by atoms with Gasteiger partial charge in [-0.3, -0.25) is 0 Å². The lowest BCUT2D eigenvalue weighted by atomic mass is 9.98. The topological polar surface area (TPSA) is 269 Å². The summed E-state index contributed by atoms with van der Waals surface area (Å²) in [5, 5.41) is 109. The molecule has 3 rings (SSSR count). The average molecular weight is 504 g/mol. The zero-order valence-corrected chi connectivity index (χ0v) is 17.8. The van der Waals surface area contributed by atoms with Gasteiger partial charge in [0.25, 0.3) is 0 Å². The first-order valence-electron chi connectivity index (χ1n) is 10.6. The molecule has 0 aromatic heterocycles. The molecule has 3 fully saturated rings. The standard InChI is InChI=1S/C18H32O16/c19-1-5-8(22)11(25)13(27)16(31-5)30-3-7-9(23)12(26)14(28)17(32-7)34-18(4-21)15(29)10(24)6(2-20)33-18/h5-17,19-29H,1-4H2/t5-,6-,7-,8-,9+,10-,11+,12+,13-,14-,15-,16-,17+,18-/m0/s1. The largest absolute Gasteiger partial charge is 0.394 e. The Bertz CT molecular complexity index is 653. The van der Waals surface area contributed by atoms with Gasteiger partial charge >= 0.3 is 0 Å². The van der Waals surface area contributed by atoms with Crippen molar-refractivity contribution in [3.8, 4) is 0 Å². The van der Waals surface area contributed by atoms with Crippen LogP contribution in [-0.4, -0.2) is 168 Å². The zero-order valence-electron chi connectivity index (χ0n) is 17.8. The van der Waals surface area contributed by atoms with Crippen molar-refractivity contribution in [1.82, 2.24) is 0 Å². The number of rotatable bonds is 8. The lowest BCUT2D eigenvalue weighted by molar-refractivity contribution is -0.388. The number of aliphatic hydroxyl groups excluding tert-OH is 11. The van der Waals surface area contributed by atoms with E-state index in [1.54, 1.807) is 0 Å². The molecule has 16 heteroatoms. The average Bonchev–Trinajstić information content (AvgIpc) is 3.08. The fourth-order valence-corrected chi connectivity index (χ4v) is 4.01. The first-order valence-corrected chi connectivity index (χ1v) is 10.6. The van der Waals surface area contributed by atoms with E-state index in [1.165, 1.54) is 0 Å². The first-order chi connectivity index (χ1) is 16.0. The highest BCUT2D eigenvalue weighted by molar-refractivity contribution is 4.98. The van der Waals surface area contributed by atoms with Crippen molar-refractivity contribution in [3.63, 3.8) is 0 Å². The molecule has 0 aromatic rings. The van der Waals surface area contributed by atoms with Crippen LogP contribution in [0.25, 0.3) is 0 Å². The molecule has 0 radical (unpaired) electrons. The smallest absolute Gasteiger partial charge is 0.224 e. The Hall–Kier alpha value is -0.640. The Morgan fingerprint density at radius 2 is 1.12 bits per heavy atom. The Morgan fingerprint density at radius 1 is 0.588 bits per heavy atom. The van der Waals surface area contributed by atoms with E-state index >= 15 is 0 Å². The van der Waals surface area contributed by atoms with Crippen LogP contribution in [0.4, 0.5) is 0 Å². The molecule has 0 aliphatic carbocycles. The lowest BCUT2D eigenvalue weighted by Gasteiger charge is -2.44. The molecule has 34 heavy (non-hydrogen) atoms. The van der Waals surface area contributed by atoms with E-state index in [2.05, 4.69) is 0 Å². The summed E-state index contributed by atoms with van der Waals surface area (Å²) in [6, 6.07) is 0. The van der Waals surface area contributed by atoms with E-state index in [4.69, 9.17) is 23.7 Å². The summed E-state index contributed by atoms with van der Waals surface area (Å²) in [7, 11) is 0. The van der Waals surface area contributed by atoms with E-state index in [1.807, 2.05) is 0 Å². The van der Waals surface area contributed by atoms with Crippen molar-refractivity contribution < 1.29 is 79.9 Å². The van der Waals surface area contributed by atoms with Crippen molar-refractivity contribution in [2.45, 2.75) is 85.5 Å². The van der Waals surface area contributed by atoms with E-state index in [0.717, 1.165) is 0 Å². The molecule has 16 nitrogen and oxygen atoms in total. The van der Waals surface area contributed by atoms with Crippen LogP contribution in [0.5, 0.6) is 0 Å². The maximum absolute atomic E-state index is 10.3. The quantitative estimate of drug-likeness (QED) is 0.146. The van der Waals surface area contributed by atoms with E-state index in [0.29, 0.717) is 0 Å². The minimum atomic E-state index is -2.36. The second-order valence-corrected chi connectivity index (χ2v) is 8.41. The first kappa shape index (κ1) is 27.9. The van der Waals surface area contributed by atoms with Gasteiger partial charge in [0, 0.05) is 0 Å². The second-order valence-electron chi connectivity index (χ2n) is 8.41. The van der Waals surface area contributed by atoms with Gasteiger partial charge in [0.05, 0.1) is 19.8 Å². The summed E-state index contributed by atoms with van der Waals surface area (Å²) in [4.78, 5) is 0. The van der Waals surface area contributed by atoms with E-state index in [9.17, 15) is 56.2 Å². The highest BCUT2D eigenvalue weighted by atomic mass is 16.8. The minimum absolute atomic E-state index is 0.634. The Labute approximate surface area is 192 Å². The summed E-state index contributed by atoms with van der Waals surface area (Å²) in [5.74, 6) is -2.36. The Morgan fingerprint density at radius 3 is 1.65 bits per heavy atom. The molecule has 0 spiro atoms. The third kappa shape index (κ3) is 5.09. The number of hydrogen-bond donors (Lipinski definition) is 11. The normalized spacial score (nSPS) is 52.1. The fraction of sp³-hybridized carbons (Fsp3) is 1.00. The van der Waals surface area contributed by atoms with Crippen LogP contribution in [-0.2, 0) is 23.7 Å². The predicted octanol–water partition coefficient (Wildman–Crippen LogP) is -7.57. The van der Waals surface area contributed by atoms with Gasteiger partial charge in [0.1, 0.15) is 73.8 Å². The molecular formula is C18H32O16. The maximum atomic E-state index is 10.3. The molecule has 3 saturated heterocycles. The van der Waals surface area contributed by atoms with Gasteiger partial charge in [0.15, 0.2) is 12.6 Å². The zero-order chi connectivity index (χ0) is 25.4. The third-order valence-electron chi connectivity index (χ3n) is 6.16. The van der Waals surface area contributed by atoms with Crippen molar-refractivity contribution in [2.24, 2.45) is 0 Å². The maximum Gasteiger partial charge on any atom is 0.224 e. The highest BCUT2D eigenvalue weighted by Gasteiger charge is 2.58. The summed E-state index contributed by atoms with van der Waals surface area (Å²) < 4.78 is 26.4. The van der Waals surface area contributed by atoms with Crippen LogP contribution >= 0.6 is 0 Å². The Balaban J connectivity index is 1.69. The summed E-state index contributed by atoms with van der Waals surface area (Å²) in [6.07, 6.45) is -21.8. The second kappa shape index (κ2) is 11.2. The van der Waals surface area contributed by atoms with Crippen LogP contribution in [0.2, 0.25) is 0 Å². The number of hydrogen-bond acceptors (Lipinski definition) is 16. The van der Waals surface area contributed by atoms with Crippen molar-refractivity contribution >= 4 is 0 Å². The molecule has 0 aromatic carbocycles. The molecule has 0 bridgehead atoms. The van der Waals surface area contributed by atoms with Gasteiger partial charge in [-0.15, -0.1) is 0 Å². The molecule has 0 amide bonds. The number of ether oxygens (including phenoxy) is 5. The van der Waals surface area contributed by atoms with Crippen LogP contribution in [0.15, 0.2) is 0 Å². The van der Waals surface area contributed by atoms with Crippen LogP contribution in [0.1, 0.15) is 0 Å². The van der Waals surface area contributed by atoms with Crippen molar-refractivity contribution in [2.75, 3.05) is 26.4 Å².